The normalized spacial score (nSPS) is 14.1. The number of benzene rings is 2. The van der Waals surface area contributed by atoms with Gasteiger partial charge in [0, 0.05) is 35.8 Å². The molecular formula is C27H29N3O3S. The Balaban J connectivity index is 1.26. The molecule has 0 bridgehead atoms. The summed E-state index contributed by atoms with van der Waals surface area (Å²) in [5.74, 6) is 0.585. The van der Waals surface area contributed by atoms with Crippen molar-refractivity contribution in [3.63, 3.8) is 0 Å². The summed E-state index contributed by atoms with van der Waals surface area (Å²) in [6.45, 7) is 4.05. The zero-order chi connectivity index (χ0) is 23.8. The number of likely N-dealkylation sites (tertiary alicyclic amines) is 1. The van der Waals surface area contributed by atoms with Crippen LogP contribution in [0.2, 0.25) is 0 Å². The first-order valence-corrected chi connectivity index (χ1v) is 12.5. The molecule has 34 heavy (non-hydrogen) atoms. The molecule has 7 heteroatoms. The molecule has 1 aliphatic rings. The first kappa shape index (κ1) is 23.7. The molecule has 0 aliphatic carbocycles. The summed E-state index contributed by atoms with van der Waals surface area (Å²) >= 11 is 1.61. The third-order valence-electron chi connectivity index (χ3n) is 5.65. The van der Waals surface area contributed by atoms with Crippen molar-refractivity contribution < 1.29 is 14.3 Å². The van der Waals surface area contributed by atoms with Crippen LogP contribution in [0.15, 0.2) is 60.0 Å². The van der Waals surface area contributed by atoms with Crippen molar-refractivity contribution in [3.05, 3.63) is 81.8 Å². The van der Waals surface area contributed by atoms with E-state index in [1.54, 1.807) is 41.7 Å². The first-order chi connectivity index (χ1) is 16.6. The van der Waals surface area contributed by atoms with Crippen LogP contribution in [0.3, 0.4) is 0 Å². The van der Waals surface area contributed by atoms with Gasteiger partial charge in [-0.2, -0.15) is 0 Å². The molecule has 2 amide bonds. The van der Waals surface area contributed by atoms with Gasteiger partial charge in [0.1, 0.15) is 12.4 Å². The molecule has 1 fully saturated rings. The average molecular weight is 476 g/mol. The molecule has 2 heterocycles. The molecule has 0 atom stereocenters. The van der Waals surface area contributed by atoms with Gasteiger partial charge in [-0.3, -0.25) is 9.59 Å². The van der Waals surface area contributed by atoms with E-state index in [2.05, 4.69) is 10.3 Å². The fraction of sp³-hybridized carbons (Fsp3) is 0.296. The highest BCUT2D eigenvalue weighted by molar-refractivity contribution is 7.09. The van der Waals surface area contributed by atoms with Gasteiger partial charge in [-0.1, -0.05) is 25.0 Å². The maximum Gasteiger partial charge on any atom is 0.253 e. The molecule has 176 valence electrons. The Hall–Kier alpha value is -3.45. The standard InChI is InChI=1S/C27H29N3O3S/c1-20-28-24(19-34-20)18-33-25-13-6-21(7-14-25)8-15-26(31)29-23-11-9-22(10-12-23)27(32)30-16-4-2-3-5-17-30/h6-15,19H,2-5,16-18H2,1H3,(H,29,31)/b15-8+. The molecule has 6 nitrogen and oxygen atoms in total. The molecule has 0 spiro atoms. The number of carbonyl (C=O) groups is 2. The fourth-order valence-electron chi connectivity index (χ4n) is 3.82. The van der Waals surface area contributed by atoms with Crippen LogP contribution < -0.4 is 10.1 Å². The first-order valence-electron chi connectivity index (χ1n) is 11.6. The molecule has 0 radical (unpaired) electrons. The Bertz CT molecular complexity index is 1130. The maximum atomic E-state index is 12.7. The number of hydrogen-bond acceptors (Lipinski definition) is 5. The number of rotatable bonds is 7. The van der Waals surface area contributed by atoms with E-state index in [1.165, 1.54) is 18.9 Å². The molecule has 1 N–H and O–H groups in total. The van der Waals surface area contributed by atoms with E-state index < -0.39 is 0 Å². The van der Waals surface area contributed by atoms with Crippen molar-refractivity contribution in [3.8, 4) is 5.75 Å². The number of aromatic nitrogens is 1. The van der Waals surface area contributed by atoms with Crippen LogP contribution in [0.25, 0.3) is 6.08 Å². The second kappa shape index (κ2) is 11.6. The lowest BCUT2D eigenvalue weighted by Gasteiger charge is -2.20. The van der Waals surface area contributed by atoms with Gasteiger partial charge in [0.15, 0.2) is 0 Å². The van der Waals surface area contributed by atoms with Crippen LogP contribution in [0, 0.1) is 6.92 Å². The summed E-state index contributed by atoms with van der Waals surface area (Å²) in [6, 6.07) is 14.6. The van der Waals surface area contributed by atoms with Crippen molar-refractivity contribution in [2.75, 3.05) is 18.4 Å². The second-order valence-corrected chi connectivity index (χ2v) is 9.38. The lowest BCUT2D eigenvalue weighted by atomic mass is 10.1. The highest BCUT2D eigenvalue weighted by atomic mass is 32.1. The Morgan fingerprint density at radius 2 is 1.74 bits per heavy atom. The number of thiazole rings is 1. The summed E-state index contributed by atoms with van der Waals surface area (Å²) in [6.07, 6.45) is 7.74. The molecule has 3 aromatic rings. The van der Waals surface area contributed by atoms with Crippen molar-refractivity contribution in [1.82, 2.24) is 9.88 Å². The van der Waals surface area contributed by atoms with E-state index in [0.717, 1.165) is 47.9 Å². The minimum atomic E-state index is -0.231. The van der Waals surface area contributed by atoms with E-state index >= 15 is 0 Å². The Morgan fingerprint density at radius 1 is 1.03 bits per heavy atom. The van der Waals surface area contributed by atoms with Crippen LogP contribution in [0.1, 0.15) is 52.3 Å². The van der Waals surface area contributed by atoms with Gasteiger partial charge in [0.2, 0.25) is 5.91 Å². The van der Waals surface area contributed by atoms with Gasteiger partial charge in [-0.15, -0.1) is 11.3 Å². The summed E-state index contributed by atoms with van der Waals surface area (Å²) in [5, 5.41) is 5.85. The Morgan fingerprint density at radius 3 is 2.38 bits per heavy atom. The summed E-state index contributed by atoms with van der Waals surface area (Å²) in [5.41, 5.74) is 3.12. The van der Waals surface area contributed by atoms with E-state index in [-0.39, 0.29) is 11.8 Å². The topological polar surface area (TPSA) is 71.5 Å². The van der Waals surface area contributed by atoms with Crippen molar-refractivity contribution >= 4 is 34.9 Å². The number of aryl methyl sites for hydroxylation is 1. The van der Waals surface area contributed by atoms with Gasteiger partial charge in [-0.25, -0.2) is 4.98 Å². The SMILES string of the molecule is Cc1nc(COc2ccc(/C=C/C(=O)Nc3ccc(C(=O)N4CCCCCC4)cc3)cc2)cs1. The van der Waals surface area contributed by atoms with Crippen molar-refractivity contribution in [1.29, 1.82) is 0 Å². The lowest BCUT2D eigenvalue weighted by molar-refractivity contribution is -0.111. The van der Waals surface area contributed by atoms with Crippen molar-refractivity contribution in [2.45, 2.75) is 39.2 Å². The van der Waals surface area contributed by atoms with Gasteiger partial charge >= 0.3 is 0 Å². The van der Waals surface area contributed by atoms with Gasteiger partial charge in [-0.05, 0) is 67.8 Å². The number of ether oxygens (including phenoxy) is 1. The van der Waals surface area contributed by atoms with Crippen LogP contribution in [-0.4, -0.2) is 34.8 Å². The van der Waals surface area contributed by atoms with E-state index in [0.29, 0.717) is 17.9 Å². The fourth-order valence-corrected chi connectivity index (χ4v) is 4.41. The summed E-state index contributed by atoms with van der Waals surface area (Å²) < 4.78 is 5.75. The van der Waals surface area contributed by atoms with Crippen molar-refractivity contribution in [2.24, 2.45) is 0 Å². The monoisotopic (exact) mass is 475 g/mol. The zero-order valence-electron chi connectivity index (χ0n) is 19.3. The minimum Gasteiger partial charge on any atom is -0.487 e. The van der Waals surface area contributed by atoms with E-state index in [9.17, 15) is 9.59 Å². The highest BCUT2D eigenvalue weighted by Crippen LogP contribution is 2.18. The van der Waals surface area contributed by atoms with Crippen LogP contribution in [-0.2, 0) is 11.4 Å². The number of hydrogen-bond donors (Lipinski definition) is 1. The largest absolute Gasteiger partial charge is 0.487 e. The highest BCUT2D eigenvalue weighted by Gasteiger charge is 2.17. The average Bonchev–Trinajstić information content (AvgIpc) is 3.09. The number of nitrogens with zero attached hydrogens (tertiary/aromatic N) is 2. The Labute approximate surface area is 204 Å². The predicted octanol–water partition coefficient (Wildman–Crippen LogP) is 5.70. The third kappa shape index (κ3) is 6.78. The van der Waals surface area contributed by atoms with Crippen LogP contribution in [0.5, 0.6) is 5.75 Å². The predicted molar refractivity (Wildman–Crippen MR) is 136 cm³/mol. The zero-order valence-corrected chi connectivity index (χ0v) is 20.1. The second-order valence-electron chi connectivity index (χ2n) is 8.32. The molecule has 0 unspecified atom stereocenters. The molecule has 0 saturated carbocycles. The minimum absolute atomic E-state index is 0.0637. The lowest BCUT2D eigenvalue weighted by Crippen LogP contribution is -2.31. The van der Waals surface area contributed by atoms with E-state index in [1.807, 2.05) is 41.5 Å². The number of carbonyl (C=O) groups excluding carboxylic acids is 2. The molecule has 1 aromatic heterocycles. The van der Waals surface area contributed by atoms with Crippen LogP contribution >= 0.6 is 11.3 Å². The smallest absolute Gasteiger partial charge is 0.253 e. The maximum absolute atomic E-state index is 12.7. The third-order valence-corrected chi connectivity index (χ3v) is 6.48. The summed E-state index contributed by atoms with van der Waals surface area (Å²) in [4.78, 5) is 31.3. The Kier molecular flexibility index (Phi) is 8.09. The molecule has 1 saturated heterocycles. The number of nitrogens with one attached hydrogen (secondary N) is 1. The molecule has 2 aromatic carbocycles. The summed E-state index contributed by atoms with van der Waals surface area (Å²) in [7, 11) is 0. The van der Waals surface area contributed by atoms with Gasteiger partial charge in [0.25, 0.3) is 5.91 Å². The number of anilines is 1. The van der Waals surface area contributed by atoms with Gasteiger partial charge in [0.05, 0.1) is 10.7 Å². The molecule has 1 aliphatic heterocycles. The van der Waals surface area contributed by atoms with E-state index in [4.69, 9.17) is 4.74 Å². The molecule has 4 rings (SSSR count). The quantitative estimate of drug-likeness (QED) is 0.445. The molecular weight excluding hydrogens is 446 g/mol. The van der Waals surface area contributed by atoms with Crippen LogP contribution in [0.4, 0.5) is 5.69 Å². The number of amides is 2. The van der Waals surface area contributed by atoms with Gasteiger partial charge < -0.3 is 15.0 Å².